The van der Waals surface area contributed by atoms with E-state index in [1.807, 2.05) is 54.6 Å². The molecule has 136 valence electrons. The molecular weight excluding hydrogens is 348 g/mol. The maximum atomic E-state index is 12.8. The molecule has 0 spiro atoms. The van der Waals surface area contributed by atoms with Crippen LogP contribution in [-0.4, -0.2) is 15.8 Å². The minimum absolute atomic E-state index is 0.180. The molecule has 1 aliphatic rings. The van der Waals surface area contributed by atoms with Gasteiger partial charge in [-0.15, -0.1) is 0 Å². The van der Waals surface area contributed by atoms with Crippen LogP contribution < -0.4 is 10.6 Å². The highest BCUT2D eigenvalue weighted by atomic mass is 16.2. The van der Waals surface area contributed by atoms with Crippen molar-refractivity contribution in [3.05, 3.63) is 102 Å². The Bertz CT molecular complexity index is 1100. The zero-order valence-corrected chi connectivity index (χ0v) is 15.0. The van der Waals surface area contributed by atoms with Gasteiger partial charge in [0.05, 0.1) is 17.9 Å². The van der Waals surface area contributed by atoms with Gasteiger partial charge in [0.25, 0.3) is 0 Å². The largest absolute Gasteiger partial charge is 0.327 e. The summed E-state index contributed by atoms with van der Waals surface area (Å²) in [6.45, 7) is 0. The van der Waals surface area contributed by atoms with Gasteiger partial charge in [-0.3, -0.25) is 5.32 Å². The van der Waals surface area contributed by atoms with Crippen LogP contribution in [0.2, 0.25) is 0 Å². The molecule has 0 saturated carbocycles. The second-order valence-corrected chi connectivity index (χ2v) is 6.67. The Kier molecular flexibility index (Phi) is 3.91. The van der Waals surface area contributed by atoms with Gasteiger partial charge in [-0.1, -0.05) is 66.7 Å². The van der Waals surface area contributed by atoms with Gasteiger partial charge >= 0.3 is 6.03 Å². The number of nitrogens with one attached hydrogen (secondary N) is 2. The van der Waals surface area contributed by atoms with E-state index < -0.39 is 0 Å². The predicted octanol–water partition coefficient (Wildman–Crippen LogP) is 4.76. The molecule has 0 fully saturated rings. The van der Waals surface area contributed by atoms with Crippen molar-refractivity contribution in [2.45, 2.75) is 6.04 Å². The van der Waals surface area contributed by atoms with Crippen LogP contribution in [0.25, 0.3) is 16.8 Å². The third-order valence-corrected chi connectivity index (χ3v) is 4.99. The molecule has 5 heteroatoms. The number of benzene rings is 3. The van der Waals surface area contributed by atoms with E-state index in [1.165, 1.54) is 0 Å². The number of aromatic nitrogens is 2. The molecular formula is C23H18N4O. The molecule has 5 rings (SSSR count). The lowest BCUT2D eigenvalue weighted by Crippen LogP contribution is -2.33. The fourth-order valence-corrected chi connectivity index (χ4v) is 3.77. The normalized spacial score (nSPS) is 12.3. The van der Waals surface area contributed by atoms with E-state index in [0.29, 0.717) is 5.82 Å². The van der Waals surface area contributed by atoms with Crippen molar-refractivity contribution in [2.24, 2.45) is 0 Å². The van der Waals surface area contributed by atoms with E-state index in [1.54, 1.807) is 16.9 Å². The minimum Gasteiger partial charge on any atom is -0.327 e. The number of anilines is 1. The highest BCUT2D eigenvalue weighted by molar-refractivity contribution is 5.91. The number of nitrogens with zero attached hydrogens (tertiary/aromatic N) is 2. The molecule has 5 nitrogen and oxygen atoms in total. The number of urea groups is 1. The molecule has 0 unspecified atom stereocenters. The number of hydrogen-bond acceptors (Lipinski definition) is 2. The zero-order chi connectivity index (χ0) is 18.9. The first-order valence-corrected chi connectivity index (χ1v) is 9.16. The molecule has 4 aromatic rings. The van der Waals surface area contributed by atoms with E-state index >= 15 is 0 Å². The minimum atomic E-state index is -0.269. The Morgan fingerprint density at radius 1 is 0.786 bits per heavy atom. The number of hydrogen-bond donors (Lipinski definition) is 2. The average molecular weight is 366 g/mol. The summed E-state index contributed by atoms with van der Waals surface area (Å²) in [7, 11) is 0. The van der Waals surface area contributed by atoms with Crippen molar-refractivity contribution in [1.82, 2.24) is 15.1 Å². The first kappa shape index (κ1) is 16.3. The quantitative estimate of drug-likeness (QED) is 0.549. The summed E-state index contributed by atoms with van der Waals surface area (Å²) in [6, 6.07) is 27.4. The SMILES string of the molecule is O=C(Nc1ccnn1-c1ccccc1)NC1c2ccccc2-c2ccccc21. The maximum Gasteiger partial charge on any atom is 0.321 e. The van der Waals surface area contributed by atoms with Crippen molar-refractivity contribution < 1.29 is 4.79 Å². The molecule has 1 aromatic heterocycles. The third kappa shape index (κ3) is 2.74. The van der Waals surface area contributed by atoms with Crippen LogP contribution in [0.1, 0.15) is 17.2 Å². The number of rotatable bonds is 3. The van der Waals surface area contributed by atoms with Gasteiger partial charge < -0.3 is 5.32 Å². The molecule has 0 saturated heterocycles. The summed E-state index contributed by atoms with van der Waals surface area (Å²) in [4.78, 5) is 12.8. The van der Waals surface area contributed by atoms with Gasteiger partial charge in [-0.2, -0.15) is 5.10 Å². The average Bonchev–Trinajstić information content (AvgIpc) is 3.32. The highest BCUT2D eigenvalue weighted by Gasteiger charge is 2.29. The molecule has 0 radical (unpaired) electrons. The Morgan fingerprint density at radius 2 is 1.39 bits per heavy atom. The number of para-hydroxylation sites is 1. The molecule has 1 heterocycles. The van der Waals surface area contributed by atoms with Crippen LogP contribution in [0.5, 0.6) is 0 Å². The summed E-state index contributed by atoms with van der Waals surface area (Å²) in [5, 5.41) is 10.4. The van der Waals surface area contributed by atoms with Crippen LogP contribution in [0.3, 0.4) is 0 Å². The first-order valence-electron chi connectivity index (χ1n) is 9.16. The fourth-order valence-electron chi connectivity index (χ4n) is 3.77. The van der Waals surface area contributed by atoms with E-state index in [-0.39, 0.29) is 12.1 Å². The Hall–Kier alpha value is -3.86. The van der Waals surface area contributed by atoms with Crippen molar-refractivity contribution >= 4 is 11.8 Å². The zero-order valence-electron chi connectivity index (χ0n) is 15.0. The van der Waals surface area contributed by atoms with Crippen molar-refractivity contribution in [2.75, 3.05) is 5.32 Å². The highest BCUT2D eigenvalue weighted by Crippen LogP contribution is 2.42. The van der Waals surface area contributed by atoms with Gasteiger partial charge in [-0.05, 0) is 34.4 Å². The van der Waals surface area contributed by atoms with Gasteiger partial charge in [0.1, 0.15) is 5.82 Å². The predicted molar refractivity (Wildman–Crippen MR) is 109 cm³/mol. The number of carbonyl (C=O) groups is 1. The van der Waals surface area contributed by atoms with Crippen molar-refractivity contribution in [3.63, 3.8) is 0 Å². The van der Waals surface area contributed by atoms with Crippen LogP contribution >= 0.6 is 0 Å². The monoisotopic (exact) mass is 366 g/mol. The van der Waals surface area contributed by atoms with Crippen LogP contribution in [-0.2, 0) is 0 Å². The Balaban J connectivity index is 1.41. The van der Waals surface area contributed by atoms with E-state index in [2.05, 4.69) is 40.0 Å². The molecule has 0 bridgehead atoms. The Morgan fingerprint density at radius 3 is 2.07 bits per heavy atom. The van der Waals surface area contributed by atoms with E-state index in [9.17, 15) is 4.79 Å². The lowest BCUT2D eigenvalue weighted by molar-refractivity contribution is 0.250. The second-order valence-electron chi connectivity index (χ2n) is 6.67. The lowest BCUT2D eigenvalue weighted by Gasteiger charge is -2.17. The molecule has 28 heavy (non-hydrogen) atoms. The van der Waals surface area contributed by atoms with E-state index in [0.717, 1.165) is 27.9 Å². The van der Waals surface area contributed by atoms with Crippen LogP contribution in [0.15, 0.2) is 91.1 Å². The van der Waals surface area contributed by atoms with Gasteiger partial charge in [0.2, 0.25) is 0 Å². The smallest absolute Gasteiger partial charge is 0.321 e. The van der Waals surface area contributed by atoms with Crippen molar-refractivity contribution in [3.8, 4) is 16.8 Å². The number of carbonyl (C=O) groups excluding carboxylic acids is 1. The topological polar surface area (TPSA) is 59.0 Å². The maximum absolute atomic E-state index is 12.8. The molecule has 1 aliphatic carbocycles. The van der Waals surface area contributed by atoms with E-state index in [4.69, 9.17) is 0 Å². The summed E-state index contributed by atoms with van der Waals surface area (Å²) in [5.41, 5.74) is 5.43. The molecule has 2 amide bonds. The fraction of sp³-hybridized carbons (Fsp3) is 0.0435. The van der Waals surface area contributed by atoms with Gasteiger partial charge in [0.15, 0.2) is 0 Å². The molecule has 2 N–H and O–H groups in total. The summed E-state index contributed by atoms with van der Waals surface area (Å²) in [6.07, 6.45) is 1.67. The Labute approximate surface area is 162 Å². The first-order chi connectivity index (χ1) is 13.8. The van der Waals surface area contributed by atoms with Crippen LogP contribution in [0, 0.1) is 0 Å². The third-order valence-electron chi connectivity index (χ3n) is 4.99. The van der Waals surface area contributed by atoms with Gasteiger partial charge in [-0.25, -0.2) is 9.48 Å². The molecule has 0 atom stereocenters. The van der Waals surface area contributed by atoms with Crippen LogP contribution in [0.4, 0.5) is 10.6 Å². The van der Waals surface area contributed by atoms with Gasteiger partial charge in [0, 0.05) is 6.07 Å². The summed E-state index contributed by atoms with van der Waals surface area (Å²) in [5.74, 6) is 0.614. The number of amides is 2. The molecule has 0 aliphatic heterocycles. The lowest BCUT2D eigenvalue weighted by atomic mass is 10.1. The standard InChI is InChI=1S/C23H18N4O/c28-23(25-21-14-15-24-27(21)16-8-2-1-3-9-16)26-22-19-12-6-4-10-17(19)18-11-5-7-13-20(18)22/h1-15,22H,(H2,25,26,28). The molecule has 3 aromatic carbocycles. The second kappa shape index (κ2) is 6.70. The summed E-state index contributed by atoms with van der Waals surface area (Å²) >= 11 is 0. The summed E-state index contributed by atoms with van der Waals surface area (Å²) < 4.78 is 1.70. The van der Waals surface area contributed by atoms with Crippen molar-refractivity contribution in [1.29, 1.82) is 0 Å². The number of fused-ring (bicyclic) bond motifs is 3.